The predicted molar refractivity (Wildman–Crippen MR) is 81.3 cm³/mol. The number of nitrogens with zero attached hydrogens (tertiary/aromatic N) is 3. The molecule has 9 heteroatoms. The van der Waals surface area contributed by atoms with E-state index in [1.54, 1.807) is 0 Å². The number of hydrogen-bond acceptors (Lipinski definition) is 6. The molecule has 0 atom stereocenters. The number of carbonyl (C=O) groups is 3. The van der Waals surface area contributed by atoms with Gasteiger partial charge >= 0.3 is 17.9 Å². The van der Waals surface area contributed by atoms with E-state index in [1.807, 2.05) is 18.2 Å². The van der Waals surface area contributed by atoms with Crippen LogP contribution in [0.15, 0.2) is 0 Å². The smallest absolute Gasteiger partial charge is 0.303 e. The molecule has 0 aromatic carbocycles. The van der Waals surface area contributed by atoms with Crippen LogP contribution in [0.5, 0.6) is 0 Å². The molecule has 0 aliphatic carbocycles. The molecular formula is C15H21N3O6. The van der Waals surface area contributed by atoms with E-state index in [4.69, 9.17) is 31.1 Å². The highest BCUT2D eigenvalue weighted by Gasteiger charge is 1.94. The standard InChI is InChI=1S/3C5H7NO2/c3*6-4-2-1-3-5(7)8/h3*1-3H2,(H,7,8). The van der Waals surface area contributed by atoms with E-state index < -0.39 is 17.9 Å². The third kappa shape index (κ3) is 42.8. The number of carboxylic acids is 3. The first kappa shape index (κ1) is 25.8. The summed E-state index contributed by atoms with van der Waals surface area (Å²) in [7, 11) is 0. The Balaban J connectivity index is -0.000000276. The van der Waals surface area contributed by atoms with Crippen LogP contribution >= 0.6 is 0 Å². The number of nitriles is 3. The Labute approximate surface area is 140 Å². The summed E-state index contributed by atoms with van der Waals surface area (Å²) >= 11 is 0. The molecule has 9 nitrogen and oxygen atoms in total. The monoisotopic (exact) mass is 339 g/mol. The topological polar surface area (TPSA) is 183 Å². The van der Waals surface area contributed by atoms with Crippen molar-refractivity contribution in [1.82, 2.24) is 0 Å². The summed E-state index contributed by atoms with van der Waals surface area (Å²) in [5.74, 6) is -2.50. The highest BCUT2D eigenvalue weighted by Crippen LogP contribution is 1.92. The van der Waals surface area contributed by atoms with Gasteiger partial charge < -0.3 is 15.3 Å². The zero-order chi connectivity index (χ0) is 19.2. The largest absolute Gasteiger partial charge is 0.481 e. The normalized spacial score (nSPS) is 7.88. The second kappa shape index (κ2) is 22.2. The van der Waals surface area contributed by atoms with Crippen molar-refractivity contribution >= 4 is 17.9 Å². The maximum atomic E-state index is 9.76. The molecule has 0 amide bonds. The Bertz CT molecular complexity index is 414. The molecular weight excluding hydrogens is 318 g/mol. The lowest BCUT2D eigenvalue weighted by Crippen LogP contribution is -1.92. The molecule has 0 heterocycles. The van der Waals surface area contributed by atoms with Crippen molar-refractivity contribution in [2.75, 3.05) is 0 Å². The van der Waals surface area contributed by atoms with Gasteiger partial charge in [0.15, 0.2) is 0 Å². The van der Waals surface area contributed by atoms with Crippen molar-refractivity contribution in [3.8, 4) is 18.2 Å². The Kier molecular flexibility index (Phi) is 23.8. The van der Waals surface area contributed by atoms with Gasteiger partial charge in [0.05, 0.1) is 18.2 Å². The van der Waals surface area contributed by atoms with E-state index in [0.717, 1.165) is 0 Å². The minimum Gasteiger partial charge on any atom is -0.481 e. The van der Waals surface area contributed by atoms with E-state index in [-0.39, 0.29) is 19.3 Å². The summed E-state index contributed by atoms with van der Waals surface area (Å²) < 4.78 is 0. The third-order valence-corrected chi connectivity index (χ3v) is 2.04. The SMILES string of the molecule is N#CCCCC(=O)O.N#CCCCC(=O)O.N#CCCCC(=O)O. The molecule has 3 N–H and O–H groups in total. The molecule has 0 aromatic heterocycles. The van der Waals surface area contributed by atoms with Crippen LogP contribution in [0.1, 0.15) is 57.8 Å². The van der Waals surface area contributed by atoms with Gasteiger partial charge in [0.2, 0.25) is 0 Å². The second-order valence-corrected chi connectivity index (χ2v) is 4.22. The fourth-order valence-electron chi connectivity index (χ4n) is 0.956. The van der Waals surface area contributed by atoms with Crippen LogP contribution in [-0.2, 0) is 14.4 Å². The van der Waals surface area contributed by atoms with Gasteiger partial charge in [0, 0.05) is 38.5 Å². The first-order valence-corrected chi connectivity index (χ1v) is 7.08. The van der Waals surface area contributed by atoms with Crippen LogP contribution in [0.4, 0.5) is 0 Å². The minimum absolute atomic E-state index is 0.105. The minimum atomic E-state index is -0.833. The van der Waals surface area contributed by atoms with Crippen molar-refractivity contribution < 1.29 is 29.7 Å². The van der Waals surface area contributed by atoms with Crippen molar-refractivity contribution in [2.24, 2.45) is 0 Å². The third-order valence-electron chi connectivity index (χ3n) is 2.04. The van der Waals surface area contributed by atoms with Crippen LogP contribution in [0.25, 0.3) is 0 Å². The van der Waals surface area contributed by atoms with Crippen LogP contribution in [0.3, 0.4) is 0 Å². The van der Waals surface area contributed by atoms with Gasteiger partial charge in [-0.15, -0.1) is 0 Å². The maximum absolute atomic E-state index is 9.76. The van der Waals surface area contributed by atoms with E-state index in [2.05, 4.69) is 0 Å². The average Bonchev–Trinajstić information content (AvgIpc) is 2.48. The zero-order valence-corrected chi connectivity index (χ0v) is 13.3. The summed E-state index contributed by atoms with van der Waals surface area (Å²) in [6, 6.07) is 5.58. The van der Waals surface area contributed by atoms with Crippen LogP contribution in [0, 0.1) is 34.0 Å². The summed E-state index contributed by atoms with van der Waals surface area (Å²) in [6.45, 7) is 0. The first-order chi connectivity index (χ1) is 11.3. The molecule has 0 fully saturated rings. The molecule has 0 aliphatic rings. The van der Waals surface area contributed by atoms with Gasteiger partial charge in [-0.1, -0.05) is 0 Å². The molecule has 0 saturated carbocycles. The highest BCUT2D eigenvalue weighted by atomic mass is 16.4. The van der Waals surface area contributed by atoms with E-state index in [9.17, 15) is 14.4 Å². The number of unbranched alkanes of at least 4 members (excludes halogenated alkanes) is 3. The molecule has 24 heavy (non-hydrogen) atoms. The van der Waals surface area contributed by atoms with Gasteiger partial charge in [-0.05, 0) is 19.3 Å². The van der Waals surface area contributed by atoms with Crippen molar-refractivity contribution in [3.05, 3.63) is 0 Å². The van der Waals surface area contributed by atoms with E-state index in [0.29, 0.717) is 38.5 Å². The fraction of sp³-hybridized carbons (Fsp3) is 0.600. The summed E-state index contributed by atoms with van der Waals surface area (Å²) in [5.41, 5.74) is 0. The quantitative estimate of drug-likeness (QED) is 0.530. The molecule has 0 aromatic rings. The van der Waals surface area contributed by atoms with Gasteiger partial charge in [0.1, 0.15) is 0 Å². The van der Waals surface area contributed by atoms with Crippen LogP contribution in [0.2, 0.25) is 0 Å². The molecule has 0 radical (unpaired) electrons. The average molecular weight is 339 g/mol. The lowest BCUT2D eigenvalue weighted by Gasteiger charge is -1.84. The molecule has 0 spiro atoms. The first-order valence-electron chi connectivity index (χ1n) is 7.08. The Morgan fingerprint density at radius 3 is 0.917 bits per heavy atom. The highest BCUT2D eigenvalue weighted by molar-refractivity contribution is 5.67. The fourth-order valence-corrected chi connectivity index (χ4v) is 0.956. The van der Waals surface area contributed by atoms with Crippen LogP contribution in [-0.4, -0.2) is 33.2 Å². The van der Waals surface area contributed by atoms with Gasteiger partial charge in [-0.3, -0.25) is 14.4 Å². The molecule has 0 saturated heterocycles. The lowest BCUT2D eigenvalue weighted by atomic mass is 10.2. The van der Waals surface area contributed by atoms with E-state index in [1.165, 1.54) is 0 Å². The molecule has 0 bridgehead atoms. The van der Waals surface area contributed by atoms with Crippen LogP contribution < -0.4 is 0 Å². The number of hydrogen-bond donors (Lipinski definition) is 3. The number of rotatable bonds is 9. The second-order valence-electron chi connectivity index (χ2n) is 4.22. The molecule has 0 rings (SSSR count). The summed E-state index contributed by atoms with van der Waals surface area (Å²) in [4.78, 5) is 29.3. The molecule has 132 valence electrons. The summed E-state index contributed by atoms with van der Waals surface area (Å²) in [5, 5.41) is 47.9. The van der Waals surface area contributed by atoms with Crippen molar-refractivity contribution in [1.29, 1.82) is 15.8 Å². The molecule has 0 unspecified atom stereocenters. The Hall–Kier alpha value is -3.12. The zero-order valence-electron chi connectivity index (χ0n) is 13.3. The summed E-state index contributed by atoms with van der Waals surface area (Å²) in [6.07, 6.45) is 2.73. The number of carboxylic acid groups (broad SMARTS) is 3. The van der Waals surface area contributed by atoms with Crippen molar-refractivity contribution in [2.45, 2.75) is 57.8 Å². The Morgan fingerprint density at radius 2 is 0.792 bits per heavy atom. The molecule has 0 aliphatic heterocycles. The van der Waals surface area contributed by atoms with Gasteiger partial charge in [-0.2, -0.15) is 15.8 Å². The maximum Gasteiger partial charge on any atom is 0.303 e. The van der Waals surface area contributed by atoms with Gasteiger partial charge in [-0.25, -0.2) is 0 Å². The predicted octanol–water partition coefficient (Wildman–Crippen LogP) is 2.29. The lowest BCUT2D eigenvalue weighted by molar-refractivity contribution is -0.138. The Morgan fingerprint density at radius 1 is 0.583 bits per heavy atom. The van der Waals surface area contributed by atoms with Gasteiger partial charge in [0.25, 0.3) is 0 Å². The van der Waals surface area contributed by atoms with Crippen molar-refractivity contribution in [3.63, 3.8) is 0 Å². The number of aliphatic carboxylic acids is 3. The van der Waals surface area contributed by atoms with E-state index >= 15 is 0 Å².